The number of hydrogen-bond acceptors (Lipinski definition) is 0. The maximum absolute atomic E-state index is 13.4. The highest BCUT2D eigenvalue weighted by molar-refractivity contribution is 5.67. The Morgan fingerprint density at radius 3 is 2.69 bits per heavy atom. The number of aryl methyl sites for hydroxylation is 1. The van der Waals surface area contributed by atoms with Crippen LogP contribution in [0.5, 0.6) is 0 Å². The summed E-state index contributed by atoms with van der Waals surface area (Å²) in [6.45, 7) is 5.83. The predicted octanol–water partition coefficient (Wildman–Crippen LogP) is 3.56. The van der Waals surface area contributed by atoms with E-state index in [1.54, 1.807) is 6.07 Å². The number of benzene rings is 1. The molecular weight excluding hydrogens is 163 g/mol. The van der Waals surface area contributed by atoms with Crippen LogP contribution in [0, 0.1) is 18.7 Å². The normalized spacial score (nSPS) is 15.8. The fraction of sp³-hybridized carbons (Fsp3) is 0.333. The molecule has 1 heteroatoms. The van der Waals surface area contributed by atoms with E-state index in [4.69, 9.17) is 0 Å². The SMILES string of the molecule is C=C(c1ccc(C)cc1F)C1CC1. The van der Waals surface area contributed by atoms with Gasteiger partial charge in [-0.05, 0) is 42.9 Å². The van der Waals surface area contributed by atoms with E-state index in [1.807, 2.05) is 19.1 Å². The van der Waals surface area contributed by atoms with Gasteiger partial charge in [-0.25, -0.2) is 4.39 Å². The predicted molar refractivity (Wildman–Crippen MR) is 52.9 cm³/mol. The Morgan fingerprint density at radius 1 is 1.46 bits per heavy atom. The topological polar surface area (TPSA) is 0 Å². The largest absolute Gasteiger partial charge is 0.206 e. The minimum Gasteiger partial charge on any atom is -0.206 e. The van der Waals surface area contributed by atoms with Gasteiger partial charge in [-0.2, -0.15) is 0 Å². The standard InChI is InChI=1S/C12H13F/c1-8-3-6-11(12(13)7-8)9(2)10-4-5-10/h3,6-7,10H,2,4-5H2,1H3. The maximum Gasteiger partial charge on any atom is 0.130 e. The van der Waals surface area contributed by atoms with Gasteiger partial charge in [-0.3, -0.25) is 0 Å². The molecule has 1 aromatic carbocycles. The zero-order chi connectivity index (χ0) is 9.42. The zero-order valence-corrected chi connectivity index (χ0v) is 7.81. The Hall–Kier alpha value is -1.11. The third-order valence-electron chi connectivity index (χ3n) is 2.54. The van der Waals surface area contributed by atoms with Gasteiger partial charge in [0.05, 0.1) is 0 Å². The van der Waals surface area contributed by atoms with Crippen molar-refractivity contribution < 1.29 is 4.39 Å². The molecule has 0 bridgehead atoms. The molecule has 0 atom stereocenters. The summed E-state index contributed by atoms with van der Waals surface area (Å²) in [5, 5.41) is 0. The summed E-state index contributed by atoms with van der Waals surface area (Å²) >= 11 is 0. The van der Waals surface area contributed by atoms with Gasteiger partial charge < -0.3 is 0 Å². The summed E-state index contributed by atoms with van der Waals surface area (Å²) in [5.41, 5.74) is 2.63. The second-order valence-corrected chi connectivity index (χ2v) is 3.78. The van der Waals surface area contributed by atoms with Crippen LogP contribution in [0.3, 0.4) is 0 Å². The molecule has 2 rings (SSSR count). The van der Waals surface area contributed by atoms with E-state index in [0.717, 1.165) is 11.1 Å². The van der Waals surface area contributed by atoms with Gasteiger partial charge in [0, 0.05) is 5.56 Å². The average Bonchev–Trinajstić information content (AvgIpc) is 2.85. The Balaban J connectivity index is 2.33. The molecule has 1 aliphatic carbocycles. The van der Waals surface area contributed by atoms with Crippen LogP contribution in [-0.2, 0) is 0 Å². The lowest BCUT2D eigenvalue weighted by atomic mass is 10.0. The molecule has 1 aromatic rings. The van der Waals surface area contributed by atoms with Crippen LogP contribution in [0.1, 0.15) is 24.0 Å². The van der Waals surface area contributed by atoms with Crippen LogP contribution in [-0.4, -0.2) is 0 Å². The molecule has 13 heavy (non-hydrogen) atoms. The van der Waals surface area contributed by atoms with Crippen LogP contribution < -0.4 is 0 Å². The number of hydrogen-bond donors (Lipinski definition) is 0. The Kier molecular flexibility index (Phi) is 1.95. The van der Waals surface area contributed by atoms with Gasteiger partial charge in [-0.15, -0.1) is 0 Å². The van der Waals surface area contributed by atoms with Gasteiger partial charge in [0.1, 0.15) is 5.82 Å². The third kappa shape index (κ3) is 1.64. The van der Waals surface area contributed by atoms with Crippen molar-refractivity contribution >= 4 is 5.57 Å². The van der Waals surface area contributed by atoms with Gasteiger partial charge in [0.25, 0.3) is 0 Å². The lowest BCUT2D eigenvalue weighted by Crippen LogP contribution is -1.90. The van der Waals surface area contributed by atoms with Crippen LogP contribution in [0.15, 0.2) is 24.8 Å². The van der Waals surface area contributed by atoms with Crippen LogP contribution in [0.25, 0.3) is 5.57 Å². The first-order valence-electron chi connectivity index (χ1n) is 4.64. The molecule has 0 spiro atoms. The summed E-state index contributed by atoms with van der Waals surface area (Å²) in [7, 11) is 0. The fourth-order valence-electron chi connectivity index (χ4n) is 1.53. The highest BCUT2D eigenvalue weighted by atomic mass is 19.1. The first-order chi connectivity index (χ1) is 6.18. The number of allylic oxidation sites excluding steroid dienone is 1. The maximum atomic E-state index is 13.4. The van der Waals surface area contributed by atoms with Gasteiger partial charge >= 0.3 is 0 Å². The van der Waals surface area contributed by atoms with Crippen molar-refractivity contribution in [2.75, 3.05) is 0 Å². The Labute approximate surface area is 78.1 Å². The Morgan fingerprint density at radius 2 is 2.15 bits per heavy atom. The van der Waals surface area contributed by atoms with Crippen molar-refractivity contribution in [3.05, 3.63) is 41.7 Å². The zero-order valence-electron chi connectivity index (χ0n) is 7.81. The molecule has 1 aliphatic rings. The van der Waals surface area contributed by atoms with Crippen molar-refractivity contribution in [3.63, 3.8) is 0 Å². The van der Waals surface area contributed by atoms with Gasteiger partial charge in [-0.1, -0.05) is 18.7 Å². The second kappa shape index (κ2) is 2.99. The summed E-state index contributed by atoms with van der Waals surface area (Å²) in [4.78, 5) is 0. The molecule has 0 saturated heterocycles. The molecule has 0 amide bonds. The minimum atomic E-state index is -0.128. The number of halogens is 1. The van der Waals surface area contributed by atoms with Crippen molar-refractivity contribution in [2.24, 2.45) is 5.92 Å². The fourth-order valence-corrected chi connectivity index (χ4v) is 1.53. The van der Waals surface area contributed by atoms with E-state index in [9.17, 15) is 4.39 Å². The average molecular weight is 176 g/mol. The van der Waals surface area contributed by atoms with Crippen molar-refractivity contribution in [2.45, 2.75) is 19.8 Å². The quantitative estimate of drug-likeness (QED) is 0.646. The van der Waals surface area contributed by atoms with Crippen molar-refractivity contribution in [1.29, 1.82) is 0 Å². The smallest absolute Gasteiger partial charge is 0.130 e. The van der Waals surface area contributed by atoms with Gasteiger partial charge in [0.2, 0.25) is 0 Å². The summed E-state index contributed by atoms with van der Waals surface area (Å²) < 4.78 is 13.4. The summed E-state index contributed by atoms with van der Waals surface area (Å²) in [6.07, 6.45) is 2.35. The minimum absolute atomic E-state index is 0.128. The summed E-state index contributed by atoms with van der Waals surface area (Å²) in [5.74, 6) is 0.411. The first kappa shape index (κ1) is 8.49. The monoisotopic (exact) mass is 176 g/mol. The van der Waals surface area contributed by atoms with Crippen LogP contribution in [0.2, 0.25) is 0 Å². The molecule has 0 nitrogen and oxygen atoms in total. The lowest BCUT2D eigenvalue weighted by Gasteiger charge is -2.05. The molecule has 1 saturated carbocycles. The third-order valence-corrected chi connectivity index (χ3v) is 2.54. The molecular formula is C12H13F. The molecule has 0 aliphatic heterocycles. The van der Waals surface area contributed by atoms with E-state index in [1.165, 1.54) is 12.8 Å². The van der Waals surface area contributed by atoms with E-state index >= 15 is 0 Å². The van der Waals surface area contributed by atoms with E-state index in [2.05, 4.69) is 6.58 Å². The van der Waals surface area contributed by atoms with E-state index < -0.39 is 0 Å². The molecule has 1 fully saturated rings. The second-order valence-electron chi connectivity index (χ2n) is 3.78. The van der Waals surface area contributed by atoms with Crippen molar-refractivity contribution in [1.82, 2.24) is 0 Å². The summed E-state index contributed by atoms with van der Waals surface area (Å²) in [6, 6.07) is 5.35. The van der Waals surface area contributed by atoms with Crippen LogP contribution >= 0.6 is 0 Å². The molecule has 68 valence electrons. The van der Waals surface area contributed by atoms with E-state index in [0.29, 0.717) is 11.5 Å². The van der Waals surface area contributed by atoms with Crippen LogP contribution in [0.4, 0.5) is 4.39 Å². The number of rotatable bonds is 2. The first-order valence-corrected chi connectivity index (χ1v) is 4.64. The molecule has 0 heterocycles. The van der Waals surface area contributed by atoms with Crippen molar-refractivity contribution in [3.8, 4) is 0 Å². The molecule has 0 aromatic heterocycles. The molecule has 0 unspecified atom stereocenters. The van der Waals surface area contributed by atoms with Gasteiger partial charge in [0.15, 0.2) is 0 Å². The Bertz CT molecular complexity index is 348. The van der Waals surface area contributed by atoms with E-state index in [-0.39, 0.29) is 5.82 Å². The highest BCUT2D eigenvalue weighted by Crippen LogP contribution is 2.41. The molecule has 0 N–H and O–H groups in total. The molecule has 0 radical (unpaired) electrons. The highest BCUT2D eigenvalue weighted by Gasteiger charge is 2.26. The lowest BCUT2D eigenvalue weighted by molar-refractivity contribution is 0.621.